The van der Waals surface area contributed by atoms with Crippen molar-refractivity contribution in [3.05, 3.63) is 11.2 Å². The molecule has 1 N–H and O–H groups in total. The maximum Gasteiger partial charge on any atom is 0.224 e. The number of nitrogens with zero attached hydrogens (tertiary/aromatic N) is 3. The number of anilines is 2. The van der Waals surface area contributed by atoms with E-state index >= 15 is 0 Å². The molecule has 0 bridgehead atoms. The molecular formula is C12H19ClN4O. The van der Waals surface area contributed by atoms with Crippen LogP contribution in [-0.4, -0.2) is 42.8 Å². The standard InChI is InChI=1S/C12H19ClN4O/c1-3-18-9-4-6-17(7-5-9)11-10(13)8-15-12(14-2)16-11/h8-9H,3-7H2,1-2H3,(H,14,15,16). The van der Waals surface area contributed by atoms with E-state index in [0.29, 0.717) is 17.1 Å². The Bertz CT molecular complexity index is 394. The summed E-state index contributed by atoms with van der Waals surface area (Å²) in [4.78, 5) is 10.7. The Labute approximate surface area is 113 Å². The van der Waals surface area contributed by atoms with E-state index in [1.807, 2.05) is 6.92 Å². The van der Waals surface area contributed by atoms with Gasteiger partial charge in [0.25, 0.3) is 0 Å². The average Bonchev–Trinajstić information content (AvgIpc) is 2.41. The summed E-state index contributed by atoms with van der Waals surface area (Å²) >= 11 is 6.16. The van der Waals surface area contributed by atoms with Crippen LogP contribution in [0, 0.1) is 0 Å². The van der Waals surface area contributed by atoms with Gasteiger partial charge < -0.3 is 15.0 Å². The molecule has 0 unspecified atom stereocenters. The summed E-state index contributed by atoms with van der Waals surface area (Å²) in [7, 11) is 1.80. The Kier molecular flexibility index (Phi) is 4.60. The van der Waals surface area contributed by atoms with Crippen LogP contribution in [0.15, 0.2) is 6.20 Å². The van der Waals surface area contributed by atoms with Gasteiger partial charge in [0, 0.05) is 26.7 Å². The summed E-state index contributed by atoms with van der Waals surface area (Å²) in [5, 5.41) is 3.53. The molecule has 2 rings (SSSR count). The minimum Gasteiger partial charge on any atom is -0.378 e. The highest BCUT2D eigenvalue weighted by molar-refractivity contribution is 6.32. The lowest BCUT2D eigenvalue weighted by Crippen LogP contribution is -2.37. The van der Waals surface area contributed by atoms with E-state index in [1.54, 1.807) is 13.2 Å². The van der Waals surface area contributed by atoms with Crippen molar-refractivity contribution in [2.24, 2.45) is 0 Å². The number of nitrogens with one attached hydrogen (secondary N) is 1. The maximum atomic E-state index is 6.16. The summed E-state index contributed by atoms with van der Waals surface area (Å²) < 4.78 is 5.64. The summed E-state index contributed by atoms with van der Waals surface area (Å²) in [6, 6.07) is 0. The molecule has 1 fully saturated rings. The number of hydrogen-bond acceptors (Lipinski definition) is 5. The van der Waals surface area contributed by atoms with Crippen LogP contribution in [0.5, 0.6) is 0 Å². The largest absolute Gasteiger partial charge is 0.378 e. The number of hydrogen-bond donors (Lipinski definition) is 1. The second kappa shape index (κ2) is 6.20. The van der Waals surface area contributed by atoms with E-state index in [2.05, 4.69) is 20.2 Å². The first-order chi connectivity index (χ1) is 8.74. The van der Waals surface area contributed by atoms with Crippen LogP contribution in [0.4, 0.5) is 11.8 Å². The van der Waals surface area contributed by atoms with Crippen molar-refractivity contribution in [2.75, 3.05) is 37.0 Å². The highest BCUT2D eigenvalue weighted by atomic mass is 35.5. The van der Waals surface area contributed by atoms with Gasteiger partial charge in [-0.2, -0.15) is 4.98 Å². The van der Waals surface area contributed by atoms with Crippen molar-refractivity contribution in [2.45, 2.75) is 25.9 Å². The SMILES string of the molecule is CCOC1CCN(c2nc(NC)ncc2Cl)CC1. The van der Waals surface area contributed by atoms with E-state index in [0.717, 1.165) is 38.4 Å². The Balaban J connectivity index is 2.04. The Morgan fingerprint density at radius 3 is 2.83 bits per heavy atom. The number of ether oxygens (including phenoxy) is 1. The van der Waals surface area contributed by atoms with Crippen LogP contribution in [0.2, 0.25) is 5.02 Å². The van der Waals surface area contributed by atoms with Gasteiger partial charge in [-0.1, -0.05) is 11.6 Å². The average molecular weight is 271 g/mol. The fraction of sp³-hybridized carbons (Fsp3) is 0.667. The molecule has 1 aromatic rings. The van der Waals surface area contributed by atoms with Crippen LogP contribution in [0.3, 0.4) is 0 Å². The lowest BCUT2D eigenvalue weighted by molar-refractivity contribution is 0.0458. The van der Waals surface area contributed by atoms with E-state index < -0.39 is 0 Å². The van der Waals surface area contributed by atoms with Gasteiger partial charge in [0.2, 0.25) is 5.95 Å². The van der Waals surface area contributed by atoms with Crippen LogP contribution in [0.25, 0.3) is 0 Å². The molecule has 1 saturated heterocycles. The molecule has 1 aromatic heterocycles. The lowest BCUT2D eigenvalue weighted by atomic mass is 10.1. The second-order valence-electron chi connectivity index (χ2n) is 4.26. The molecule has 6 heteroatoms. The minimum absolute atomic E-state index is 0.371. The number of aromatic nitrogens is 2. The maximum absolute atomic E-state index is 6.16. The van der Waals surface area contributed by atoms with Gasteiger partial charge in [0.1, 0.15) is 5.02 Å². The number of rotatable bonds is 4. The smallest absolute Gasteiger partial charge is 0.224 e. The fourth-order valence-electron chi connectivity index (χ4n) is 2.17. The molecule has 1 aliphatic rings. The molecule has 0 amide bonds. The van der Waals surface area contributed by atoms with Crippen LogP contribution < -0.4 is 10.2 Å². The normalized spacial score (nSPS) is 16.9. The van der Waals surface area contributed by atoms with Crippen LogP contribution in [0.1, 0.15) is 19.8 Å². The summed E-state index contributed by atoms with van der Waals surface area (Å²) in [6.45, 7) is 4.66. The molecule has 0 aliphatic carbocycles. The monoisotopic (exact) mass is 270 g/mol. The zero-order valence-corrected chi connectivity index (χ0v) is 11.6. The van der Waals surface area contributed by atoms with E-state index in [9.17, 15) is 0 Å². The predicted molar refractivity (Wildman–Crippen MR) is 73.4 cm³/mol. The summed E-state index contributed by atoms with van der Waals surface area (Å²) in [5.74, 6) is 1.41. The molecule has 0 atom stereocenters. The van der Waals surface area contributed by atoms with Crippen LogP contribution >= 0.6 is 11.6 Å². The lowest BCUT2D eigenvalue weighted by Gasteiger charge is -2.33. The second-order valence-corrected chi connectivity index (χ2v) is 4.66. The predicted octanol–water partition coefficient (Wildman–Crippen LogP) is 2.18. The topological polar surface area (TPSA) is 50.3 Å². The van der Waals surface area contributed by atoms with Crippen molar-refractivity contribution in [3.63, 3.8) is 0 Å². The molecule has 0 radical (unpaired) electrons. The molecule has 0 spiro atoms. The molecule has 18 heavy (non-hydrogen) atoms. The summed E-state index contributed by atoms with van der Waals surface area (Å²) in [5.41, 5.74) is 0. The van der Waals surface area contributed by atoms with Gasteiger partial charge in [-0.05, 0) is 19.8 Å². The minimum atomic E-state index is 0.371. The highest BCUT2D eigenvalue weighted by Gasteiger charge is 2.22. The van der Waals surface area contributed by atoms with Gasteiger partial charge in [-0.15, -0.1) is 0 Å². The number of piperidine rings is 1. The van der Waals surface area contributed by atoms with Crippen molar-refractivity contribution < 1.29 is 4.74 Å². The van der Waals surface area contributed by atoms with Crippen LogP contribution in [-0.2, 0) is 4.74 Å². The first-order valence-electron chi connectivity index (χ1n) is 6.31. The van der Waals surface area contributed by atoms with Crippen molar-refractivity contribution in [1.29, 1.82) is 0 Å². The Hall–Kier alpha value is -1.07. The van der Waals surface area contributed by atoms with Gasteiger partial charge in [0.05, 0.1) is 12.3 Å². The third-order valence-corrected chi connectivity index (χ3v) is 3.36. The Morgan fingerprint density at radius 2 is 2.22 bits per heavy atom. The third-order valence-electron chi connectivity index (χ3n) is 3.09. The first kappa shape index (κ1) is 13.4. The molecular weight excluding hydrogens is 252 g/mol. The Morgan fingerprint density at radius 1 is 1.50 bits per heavy atom. The van der Waals surface area contributed by atoms with Crippen molar-refractivity contribution in [1.82, 2.24) is 9.97 Å². The molecule has 0 aromatic carbocycles. The molecule has 0 saturated carbocycles. The zero-order chi connectivity index (χ0) is 13.0. The summed E-state index contributed by atoms with van der Waals surface area (Å²) in [6.07, 6.45) is 4.05. The highest BCUT2D eigenvalue weighted by Crippen LogP contribution is 2.27. The van der Waals surface area contributed by atoms with Gasteiger partial charge in [-0.3, -0.25) is 0 Å². The van der Waals surface area contributed by atoms with E-state index in [1.165, 1.54) is 0 Å². The van der Waals surface area contributed by atoms with Crippen molar-refractivity contribution >= 4 is 23.4 Å². The zero-order valence-electron chi connectivity index (χ0n) is 10.8. The quantitative estimate of drug-likeness (QED) is 0.909. The fourth-order valence-corrected chi connectivity index (χ4v) is 2.38. The molecule has 100 valence electrons. The van der Waals surface area contributed by atoms with Crippen molar-refractivity contribution in [3.8, 4) is 0 Å². The van der Waals surface area contributed by atoms with Gasteiger partial charge >= 0.3 is 0 Å². The van der Waals surface area contributed by atoms with Gasteiger partial charge in [-0.25, -0.2) is 4.98 Å². The van der Waals surface area contributed by atoms with E-state index in [-0.39, 0.29) is 0 Å². The van der Waals surface area contributed by atoms with Gasteiger partial charge in [0.15, 0.2) is 5.82 Å². The molecule has 1 aliphatic heterocycles. The molecule has 5 nitrogen and oxygen atoms in total. The third kappa shape index (κ3) is 3.03. The molecule has 2 heterocycles. The first-order valence-corrected chi connectivity index (χ1v) is 6.69. The number of halogens is 1. The van der Waals surface area contributed by atoms with E-state index in [4.69, 9.17) is 16.3 Å².